The lowest BCUT2D eigenvalue weighted by molar-refractivity contribution is 0.916. The Morgan fingerprint density at radius 2 is 1.15 bits per heavy atom. The second-order valence-electron chi connectivity index (χ2n) is 14.1. The Kier molecular flexibility index (Phi) is 7.49. The Balaban J connectivity index is 1.14. The molecule has 6 aromatic carbocycles. The molecule has 3 heteroatoms. The molecule has 1 fully saturated rings. The first-order valence-electron chi connectivity index (χ1n) is 18.5. The maximum absolute atomic E-state index is 2.56. The van der Waals surface area contributed by atoms with Crippen LogP contribution >= 0.6 is 0 Å². The number of para-hydroxylation sites is 2. The van der Waals surface area contributed by atoms with Crippen molar-refractivity contribution >= 4 is 61.5 Å². The molecule has 0 aliphatic heterocycles. The minimum atomic E-state index is 0.576. The van der Waals surface area contributed by atoms with Gasteiger partial charge >= 0.3 is 0 Å². The zero-order valence-corrected chi connectivity index (χ0v) is 29.0. The number of benzene rings is 6. The van der Waals surface area contributed by atoms with E-state index in [1.54, 1.807) is 0 Å². The first kappa shape index (κ1) is 30.5. The van der Waals surface area contributed by atoms with Gasteiger partial charge in [0, 0.05) is 56.8 Å². The molecule has 0 N–H and O–H groups in total. The van der Waals surface area contributed by atoms with E-state index in [0.29, 0.717) is 11.8 Å². The molecule has 3 aliphatic rings. The molecule has 2 atom stereocenters. The van der Waals surface area contributed by atoms with E-state index in [-0.39, 0.29) is 0 Å². The topological polar surface area (TPSA) is 11.4 Å². The van der Waals surface area contributed by atoms with Crippen LogP contribution in [0.15, 0.2) is 188 Å². The van der Waals surface area contributed by atoms with Crippen LogP contribution in [0.25, 0.3) is 27.4 Å². The van der Waals surface area contributed by atoms with Crippen molar-refractivity contribution in [3.63, 3.8) is 0 Å². The minimum Gasteiger partial charge on any atom is -0.313 e. The Hall–Kier alpha value is -6.32. The quantitative estimate of drug-likeness (QED) is 0.157. The highest BCUT2D eigenvalue weighted by Gasteiger charge is 2.42. The average Bonchev–Trinajstić information content (AvgIpc) is 3.98. The fraction of sp³-hybridized carbons (Fsp3) is 0.102. The van der Waals surface area contributed by atoms with Gasteiger partial charge in [0.2, 0.25) is 0 Å². The van der Waals surface area contributed by atoms with E-state index >= 15 is 0 Å². The molecule has 250 valence electrons. The van der Waals surface area contributed by atoms with Crippen LogP contribution < -0.4 is 9.80 Å². The van der Waals surface area contributed by atoms with E-state index < -0.39 is 0 Å². The Bertz CT molecular complexity index is 2510. The van der Waals surface area contributed by atoms with Crippen molar-refractivity contribution in [3.05, 3.63) is 199 Å². The van der Waals surface area contributed by atoms with Gasteiger partial charge in [0.05, 0.1) is 5.52 Å². The Labute approximate surface area is 305 Å². The molecule has 1 saturated carbocycles. The molecule has 7 aromatic rings. The second kappa shape index (κ2) is 12.8. The molecule has 1 aromatic heterocycles. The maximum Gasteiger partial charge on any atom is 0.0536 e. The normalized spacial score (nSPS) is 17.3. The molecule has 0 spiro atoms. The number of nitrogens with zero attached hydrogens (tertiary/aromatic N) is 3. The standard InChI is InChI=1S/C49H39N3/c1-2-6-22-40(21-5-1)52-48-31-30-44(34-47(48)45-23-13-16-37-33-46(37)49(45)52)51(43-25-24-35-14-11-12-15-36(35)32-43)42-28-26-41(27-29-42)50(38-17-7-3-8-18-38)39-19-9-4-10-20-39/h1,3-22,24-32,34,37,46H,2,23,33H2. The predicted molar refractivity (Wildman–Crippen MR) is 220 cm³/mol. The predicted octanol–water partition coefficient (Wildman–Crippen LogP) is 13.3. The Morgan fingerprint density at radius 3 is 1.90 bits per heavy atom. The number of hydrogen-bond acceptors (Lipinski definition) is 2. The summed E-state index contributed by atoms with van der Waals surface area (Å²) >= 11 is 0. The summed E-state index contributed by atoms with van der Waals surface area (Å²) in [5, 5.41) is 3.81. The van der Waals surface area contributed by atoms with E-state index in [9.17, 15) is 0 Å². The van der Waals surface area contributed by atoms with Crippen molar-refractivity contribution in [2.75, 3.05) is 9.80 Å². The van der Waals surface area contributed by atoms with Crippen LogP contribution in [0.4, 0.5) is 34.1 Å². The molecule has 0 radical (unpaired) electrons. The van der Waals surface area contributed by atoms with Crippen LogP contribution in [0, 0.1) is 5.92 Å². The highest BCUT2D eigenvalue weighted by molar-refractivity contribution is 5.96. The molecule has 1 heterocycles. The van der Waals surface area contributed by atoms with E-state index in [1.165, 1.54) is 45.1 Å². The van der Waals surface area contributed by atoms with Crippen LogP contribution in [0.3, 0.4) is 0 Å². The monoisotopic (exact) mass is 669 g/mol. The zero-order chi connectivity index (χ0) is 34.4. The lowest BCUT2D eigenvalue weighted by Crippen LogP contribution is -2.12. The lowest BCUT2D eigenvalue weighted by Gasteiger charge is -2.28. The van der Waals surface area contributed by atoms with Gasteiger partial charge in [-0.25, -0.2) is 0 Å². The molecule has 3 nitrogen and oxygen atoms in total. The van der Waals surface area contributed by atoms with Gasteiger partial charge in [-0.1, -0.05) is 97.1 Å². The summed E-state index contributed by atoms with van der Waals surface area (Å²) < 4.78 is 2.56. The van der Waals surface area contributed by atoms with Gasteiger partial charge in [0.15, 0.2) is 0 Å². The summed E-state index contributed by atoms with van der Waals surface area (Å²) in [5.41, 5.74) is 12.3. The fourth-order valence-electron chi connectivity index (χ4n) is 8.32. The minimum absolute atomic E-state index is 0.576. The number of anilines is 6. The number of hydrogen-bond donors (Lipinski definition) is 0. The van der Waals surface area contributed by atoms with Gasteiger partial charge in [-0.05, 0) is 133 Å². The van der Waals surface area contributed by atoms with Crippen LogP contribution in [-0.4, -0.2) is 4.57 Å². The van der Waals surface area contributed by atoms with E-state index in [0.717, 1.165) is 47.0 Å². The first-order chi connectivity index (χ1) is 25.8. The summed E-state index contributed by atoms with van der Waals surface area (Å²) in [7, 11) is 0. The molecule has 0 amide bonds. The summed E-state index contributed by atoms with van der Waals surface area (Å²) in [6.07, 6.45) is 19.3. The molecule has 0 bridgehead atoms. The van der Waals surface area contributed by atoms with Crippen molar-refractivity contribution in [1.29, 1.82) is 0 Å². The summed E-state index contributed by atoms with van der Waals surface area (Å²) in [6, 6.07) is 52.9. The number of fused-ring (bicyclic) bond motifs is 6. The van der Waals surface area contributed by atoms with Crippen molar-refractivity contribution < 1.29 is 0 Å². The molecule has 2 unspecified atom stereocenters. The van der Waals surface area contributed by atoms with Crippen molar-refractivity contribution in [2.24, 2.45) is 5.92 Å². The van der Waals surface area contributed by atoms with Gasteiger partial charge in [-0.2, -0.15) is 0 Å². The van der Waals surface area contributed by atoms with E-state index in [1.807, 2.05) is 0 Å². The highest BCUT2D eigenvalue weighted by Crippen LogP contribution is 2.54. The van der Waals surface area contributed by atoms with Crippen molar-refractivity contribution in [2.45, 2.75) is 25.2 Å². The van der Waals surface area contributed by atoms with Crippen LogP contribution in [0.2, 0.25) is 0 Å². The van der Waals surface area contributed by atoms with Crippen LogP contribution in [0.1, 0.15) is 30.0 Å². The number of aromatic nitrogens is 1. The molecule has 10 rings (SSSR count). The van der Waals surface area contributed by atoms with Gasteiger partial charge in [0.1, 0.15) is 0 Å². The Morgan fingerprint density at radius 1 is 0.538 bits per heavy atom. The SMILES string of the molecule is C1=CCC=CC(n2c3c(c4cc(N(c5ccc(N(c6ccccc6)c6ccccc6)cc5)c5ccc6ccccc6c5)ccc42)CC=CC2CC32)=C1. The molecule has 52 heavy (non-hydrogen) atoms. The first-order valence-corrected chi connectivity index (χ1v) is 18.5. The smallest absolute Gasteiger partial charge is 0.0536 e. The van der Waals surface area contributed by atoms with Crippen LogP contribution in [0.5, 0.6) is 0 Å². The van der Waals surface area contributed by atoms with Crippen molar-refractivity contribution in [3.8, 4) is 0 Å². The van der Waals surface area contributed by atoms with Gasteiger partial charge in [-0.15, -0.1) is 0 Å². The number of allylic oxidation sites excluding steroid dienone is 8. The largest absolute Gasteiger partial charge is 0.313 e. The fourth-order valence-corrected chi connectivity index (χ4v) is 8.32. The van der Waals surface area contributed by atoms with E-state index in [4.69, 9.17) is 0 Å². The third kappa shape index (κ3) is 5.37. The maximum atomic E-state index is 2.56. The van der Waals surface area contributed by atoms with Gasteiger partial charge < -0.3 is 14.4 Å². The van der Waals surface area contributed by atoms with Crippen molar-refractivity contribution in [1.82, 2.24) is 4.57 Å². The molecular weight excluding hydrogens is 631 g/mol. The van der Waals surface area contributed by atoms with E-state index in [2.05, 4.69) is 202 Å². The molecule has 0 saturated heterocycles. The summed E-state index contributed by atoms with van der Waals surface area (Å²) in [5.74, 6) is 1.22. The highest BCUT2D eigenvalue weighted by atomic mass is 15.2. The van der Waals surface area contributed by atoms with Crippen LogP contribution in [-0.2, 0) is 6.42 Å². The summed E-state index contributed by atoms with van der Waals surface area (Å²) in [6.45, 7) is 0. The molecule has 3 aliphatic carbocycles. The third-order valence-corrected chi connectivity index (χ3v) is 10.9. The average molecular weight is 670 g/mol. The van der Waals surface area contributed by atoms with Gasteiger partial charge in [0.25, 0.3) is 0 Å². The second-order valence-corrected chi connectivity index (χ2v) is 14.1. The number of rotatable bonds is 7. The summed E-state index contributed by atoms with van der Waals surface area (Å²) in [4.78, 5) is 4.74. The third-order valence-electron chi connectivity index (χ3n) is 10.9. The lowest BCUT2D eigenvalue weighted by atomic mass is 10.0. The zero-order valence-electron chi connectivity index (χ0n) is 29.0. The molecular formula is C49H39N3. The van der Waals surface area contributed by atoms with Gasteiger partial charge in [-0.3, -0.25) is 0 Å².